The zero-order valence-corrected chi connectivity index (χ0v) is 10.4. The monoisotopic (exact) mass is 226 g/mol. The third kappa shape index (κ3) is 3.28. The Morgan fingerprint density at radius 1 is 1.44 bits per heavy atom. The normalized spacial score (nSPS) is 15.0. The maximum absolute atomic E-state index is 10.3. The van der Waals surface area contributed by atoms with Crippen LogP contribution in [0.4, 0.5) is 0 Å². The van der Waals surface area contributed by atoms with Crippen LogP contribution < -0.4 is 5.32 Å². The molecule has 2 N–H and O–H groups in total. The lowest BCUT2D eigenvalue weighted by Crippen LogP contribution is -2.37. The third-order valence-corrected chi connectivity index (χ3v) is 2.50. The van der Waals surface area contributed by atoms with Gasteiger partial charge in [0.25, 0.3) is 0 Å². The van der Waals surface area contributed by atoms with E-state index in [4.69, 9.17) is 0 Å². The van der Waals surface area contributed by atoms with Crippen LogP contribution in [0.2, 0.25) is 0 Å². The molecular formula is C11H22N4O. The SMILES string of the molecule is CCCNCC(C)(O)c1cnnn1CCC. The minimum atomic E-state index is -0.909. The average molecular weight is 226 g/mol. The van der Waals surface area contributed by atoms with Crippen LogP contribution >= 0.6 is 0 Å². The number of aromatic nitrogens is 3. The Hall–Kier alpha value is -0.940. The molecule has 1 heterocycles. The molecular weight excluding hydrogens is 204 g/mol. The average Bonchev–Trinajstić information content (AvgIpc) is 2.67. The third-order valence-electron chi connectivity index (χ3n) is 2.50. The summed E-state index contributed by atoms with van der Waals surface area (Å²) in [6.45, 7) is 8.20. The summed E-state index contributed by atoms with van der Waals surface area (Å²) in [7, 11) is 0. The van der Waals surface area contributed by atoms with E-state index in [1.807, 2.05) is 0 Å². The van der Waals surface area contributed by atoms with Gasteiger partial charge >= 0.3 is 0 Å². The molecule has 1 atom stereocenters. The molecule has 1 rings (SSSR count). The van der Waals surface area contributed by atoms with E-state index in [-0.39, 0.29) is 0 Å². The van der Waals surface area contributed by atoms with Gasteiger partial charge in [-0.15, -0.1) is 5.10 Å². The van der Waals surface area contributed by atoms with Crippen molar-refractivity contribution in [2.45, 2.75) is 45.8 Å². The van der Waals surface area contributed by atoms with Crippen LogP contribution in [0, 0.1) is 0 Å². The number of aliphatic hydroxyl groups is 1. The van der Waals surface area contributed by atoms with Crippen molar-refractivity contribution < 1.29 is 5.11 Å². The highest BCUT2D eigenvalue weighted by molar-refractivity contribution is 5.07. The number of rotatable bonds is 7. The number of nitrogens with one attached hydrogen (secondary N) is 1. The van der Waals surface area contributed by atoms with Gasteiger partial charge in [0.2, 0.25) is 0 Å². The van der Waals surface area contributed by atoms with E-state index in [1.165, 1.54) is 0 Å². The lowest BCUT2D eigenvalue weighted by Gasteiger charge is -2.24. The van der Waals surface area contributed by atoms with Crippen LogP contribution in [0.3, 0.4) is 0 Å². The zero-order valence-electron chi connectivity index (χ0n) is 10.4. The minimum absolute atomic E-state index is 0.526. The van der Waals surface area contributed by atoms with E-state index in [2.05, 4.69) is 29.5 Å². The molecule has 0 aliphatic carbocycles. The summed E-state index contributed by atoms with van der Waals surface area (Å²) in [5.41, 5.74) is -0.133. The second kappa shape index (κ2) is 5.96. The van der Waals surface area contributed by atoms with Gasteiger partial charge in [-0.05, 0) is 26.3 Å². The van der Waals surface area contributed by atoms with Gasteiger partial charge in [-0.1, -0.05) is 19.1 Å². The van der Waals surface area contributed by atoms with Crippen molar-refractivity contribution in [2.24, 2.45) is 0 Å². The molecule has 0 saturated carbocycles. The molecule has 16 heavy (non-hydrogen) atoms. The standard InChI is InChI=1S/C11H22N4O/c1-4-6-12-9-11(3,16)10-8-13-14-15(10)7-5-2/h8,12,16H,4-7,9H2,1-3H3. The van der Waals surface area contributed by atoms with E-state index < -0.39 is 5.60 Å². The number of hydrogen-bond acceptors (Lipinski definition) is 4. The van der Waals surface area contributed by atoms with Crippen molar-refractivity contribution in [1.82, 2.24) is 20.3 Å². The highest BCUT2D eigenvalue weighted by atomic mass is 16.3. The first-order valence-corrected chi connectivity index (χ1v) is 5.94. The van der Waals surface area contributed by atoms with Crippen molar-refractivity contribution in [1.29, 1.82) is 0 Å². The molecule has 5 nitrogen and oxygen atoms in total. The maximum Gasteiger partial charge on any atom is 0.117 e. The molecule has 5 heteroatoms. The lowest BCUT2D eigenvalue weighted by molar-refractivity contribution is 0.0476. The molecule has 1 unspecified atom stereocenters. The molecule has 1 aromatic heterocycles. The number of hydrogen-bond donors (Lipinski definition) is 2. The Morgan fingerprint density at radius 2 is 2.19 bits per heavy atom. The lowest BCUT2D eigenvalue weighted by atomic mass is 10.0. The molecule has 1 aromatic rings. The molecule has 0 saturated heterocycles. The molecule has 92 valence electrons. The Bertz CT molecular complexity index is 309. The van der Waals surface area contributed by atoms with E-state index in [9.17, 15) is 5.11 Å². The highest BCUT2D eigenvalue weighted by Crippen LogP contribution is 2.18. The van der Waals surface area contributed by atoms with Crippen LogP contribution in [0.1, 0.15) is 39.3 Å². The van der Waals surface area contributed by atoms with Crippen LogP contribution in [-0.4, -0.2) is 33.2 Å². The minimum Gasteiger partial charge on any atom is -0.382 e. The van der Waals surface area contributed by atoms with E-state index in [0.29, 0.717) is 6.54 Å². The fourth-order valence-electron chi connectivity index (χ4n) is 1.65. The van der Waals surface area contributed by atoms with Crippen LogP contribution in [0.25, 0.3) is 0 Å². The molecule has 0 radical (unpaired) electrons. The van der Waals surface area contributed by atoms with Crippen molar-refractivity contribution >= 4 is 0 Å². The van der Waals surface area contributed by atoms with Gasteiger partial charge in [0.15, 0.2) is 0 Å². The van der Waals surface area contributed by atoms with Gasteiger partial charge in [0.1, 0.15) is 5.60 Å². The van der Waals surface area contributed by atoms with Gasteiger partial charge in [0, 0.05) is 13.1 Å². The quantitative estimate of drug-likeness (QED) is 0.678. The van der Waals surface area contributed by atoms with Crippen molar-refractivity contribution in [3.63, 3.8) is 0 Å². The van der Waals surface area contributed by atoms with E-state index in [1.54, 1.807) is 17.8 Å². The summed E-state index contributed by atoms with van der Waals surface area (Å²) >= 11 is 0. The summed E-state index contributed by atoms with van der Waals surface area (Å²) < 4.78 is 1.77. The molecule has 0 bridgehead atoms. The summed E-state index contributed by atoms with van der Waals surface area (Å²) in [5.74, 6) is 0. The van der Waals surface area contributed by atoms with Crippen LogP contribution in [0.15, 0.2) is 6.20 Å². The summed E-state index contributed by atoms with van der Waals surface area (Å²) in [6.07, 6.45) is 3.68. The Morgan fingerprint density at radius 3 is 2.81 bits per heavy atom. The molecule has 0 amide bonds. The smallest absolute Gasteiger partial charge is 0.117 e. The molecule has 0 aromatic carbocycles. The molecule has 0 aliphatic rings. The Kier molecular flexibility index (Phi) is 4.89. The van der Waals surface area contributed by atoms with Gasteiger partial charge in [-0.25, -0.2) is 4.68 Å². The second-order valence-corrected chi connectivity index (χ2v) is 4.29. The fraction of sp³-hybridized carbons (Fsp3) is 0.818. The van der Waals surface area contributed by atoms with E-state index in [0.717, 1.165) is 31.6 Å². The summed E-state index contributed by atoms with van der Waals surface area (Å²) in [5, 5.41) is 21.4. The fourth-order valence-corrected chi connectivity index (χ4v) is 1.65. The topological polar surface area (TPSA) is 63.0 Å². The molecule has 0 aliphatic heterocycles. The Labute approximate surface area is 96.9 Å². The van der Waals surface area contributed by atoms with Crippen LogP contribution in [-0.2, 0) is 12.1 Å². The number of aryl methyl sites for hydroxylation is 1. The first-order valence-electron chi connectivity index (χ1n) is 5.94. The van der Waals surface area contributed by atoms with E-state index >= 15 is 0 Å². The predicted octanol–water partition coefficient (Wildman–Crippen LogP) is 0.895. The van der Waals surface area contributed by atoms with Crippen LogP contribution in [0.5, 0.6) is 0 Å². The van der Waals surface area contributed by atoms with Crippen molar-refractivity contribution in [3.8, 4) is 0 Å². The second-order valence-electron chi connectivity index (χ2n) is 4.29. The zero-order chi connectivity index (χ0) is 12.0. The van der Waals surface area contributed by atoms with Gasteiger partial charge in [0.05, 0.1) is 11.9 Å². The van der Waals surface area contributed by atoms with Gasteiger partial charge in [-0.3, -0.25) is 0 Å². The highest BCUT2D eigenvalue weighted by Gasteiger charge is 2.27. The van der Waals surface area contributed by atoms with Crippen molar-refractivity contribution in [2.75, 3.05) is 13.1 Å². The first-order chi connectivity index (χ1) is 7.61. The Balaban J connectivity index is 2.68. The van der Waals surface area contributed by atoms with Crippen molar-refractivity contribution in [3.05, 3.63) is 11.9 Å². The molecule has 0 spiro atoms. The number of nitrogens with zero attached hydrogens (tertiary/aromatic N) is 3. The summed E-state index contributed by atoms with van der Waals surface area (Å²) in [4.78, 5) is 0. The van der Waals surface area contributed by atoms with Gasteiger partial charge in [-0.2, -0.15) is 0 Å². The van der Waals surface area contributed by atoms with Gasteiger partial charge < -0.3 is 10.4 Å². The predicted molar refractivity (Wildman–Crippen MR) is 63.0 cm³/mol. The largest absolute Gasteiger partial charge is 0.382 e. The molecule has 0 fully saturated rings. The summed E-state index contributed by atoms with van der Waals surface area (Å²) in [6, 6.07) is 0. The first kappa shape index (κ1) is 13.1. The maximum atomic E-state index is 10.3.